The maximum atomic E-state index is 12.8. The maximum Gasteiger partial charge on any atom is 0.223 e. The topological polar surface area (TPSA) is 83.7 Å². The predicted molar refractivity (Wildman–Crippen MR) is 109 cm³/mol. The number of piperidine rings is 1. The van der Waals surface area contributed by atoms with Crippen LogP contribution in [0.3, 0.4) is 0 Å². The quantitative estimate of drug-likeness (QED) is 0.793. The van der Waals surface area contributed by atoms with Crippen molar-refractivity contribution in [3.8, 4) is 0 Å². The first kappa shape index (κ1) is 19.8. The number of nitrogens with one attached hydrogen (secondary N) is 1. The highest BCUT2D eigenvalue weighted by Gasteiger charge is 2.29. The Morgan fingerprint density at radius 3 is 2.66 bits per heavy atom. The minimum absolute atomic E-state index is 0.0339. The fraction of sp³-hybridized carbons (Fsp3) is 0.571. The first-order chi connectivity index (χ1) is 14.2. The van der Waals surface area contributed by atoms with Crippen molar-refractivity contribution in [3.05, 3.63) is 42.2 Å². The Labute approximate surface area is 171 Å². The molecule has 8 heteroatoms. The number of nitrogens with zero attached hydrogens (tertiary/aromatic N) is 4. The summed E-state index contributed by atoms with van der Waals surface area (Å²) in [6.45, 7) is 7.26. The van der Waals surface area contributed by atoms with E-state index in [2.05, 4.69) is 25.1 Å². The maximum absolute atomic E-state index is 12.8. The van der Waals surface area contributed by atoms with Crippen molar-refractivity contribution < 1.29 is 13.9 Å². The van der Waals surface area contributed by atoms with Crippen molar-refractivity contribution >= 4 is 11.7 Å². The number of ether oxygens (including phenoxy) is 1. The Hall–Kier alpha value is -2.45. The Kier molecular flexibility index (Phi) is 6.41. The zero-order valence-corrected chi connectivity index (χ0v) is 16.9. The van der Waals surface area contributed by atoms with Gasteiger partial charge in [-0.15, -0.1) is 0 Å². The lowest BCUT2D eigenvalue weighted by Gasteiger charge is -2.34. The number of furan rings is 1. The molecule has 29 heavy (non-hydrogen) atoms. The first-order valence-corrected chi connectivity index (χ1v) is 10.4. The molecule has 2 fully saturated rings. The fourth-order valence-electron chi connectivity index (χ4n) is 4.10. The van der Waals surface area contributed by atoms with Crippen LogP contribution in [0, 0.1) is 12.8 Å². The Balaban J connectivity index is 1.32. The van der Waals surface area contributed by atoms with E-state index in [-0.39, 0.29) is 17.9 Å². The molecule has 0 aromatic carbocycles. The Bertz CT molecular complexity index is 783. The van der Waals surface area contributed by atoms with Gasteiger partial charge >= 0.3 is 0 Å². The molecular weight excluding hydrogens is 370 g/mol. The van der Waals surface area contributed by atoms with Crippen molar-refractivity contribution in [2.75, 3.05) is 50.8 Å². The van der Waals surface area contributed by atoms with E-state index < -0.39 is 0 Å². The summed E-state index contributed by atoms with van der Waals surface area (Å²) in [5, 5.41) is 3.18. The summed E-state index contributed by atoms with van der Waals surface area (Å²) >= 11 is 0. The van der Waals surface area contributed by atoms with Gasteiger partial charge in [-0.25, -0.2) is 4.98 Å². The summed E-state index contributed by atoms with van der Waals surface area (Å²) in [5.41, 5.74) is 0. The highest BCUT2D eigenvalue weighted by molar-refractivity contribution is 5.79. The van der Waals surface area contributed by atoms with E-state index >= 15 is 0 Å². The van der Waals surface area contributed by atoms with E-state index in [1.54, 1.807) is 18.6 Å². The van der Waals surface area contributed by atoms with Crippen LogP contribution < -0.4 is 10.2 Å². The van der Waals surface area contributed by atoms with Gasteiger partial charge in [-0.1, -0.05) is 0 Å². The molecule has 4 rings (SSSR count). The molecule has 2 aliphatic heterocycles. The van der Waals surface area contributed by atoms with E-state index in [1.807, 2.05) is 19.1 Å². The highest BCUT2D eigenvalue weighted by atomic mass is 16.5. The van der Waals surface area contributed by atoms with Crippen molar-refractivity contribution in [2.24, 2.45) is 5.92 Å². The van der Waals surface area contributed by atoms with Crippen LogP contribution in [0.5, 0.6) is 0 Å². The van der Waals surface area contributed by atoms with Crippen molar-refractivity contribution in [3.63, 3.8) is 0 Å². The van der Waals surface area contributed by atoms with E-state index in [0.29, 0.717) is 19.8 Å². The van der Waals surface area contributed by atoms with Crippen molar-refractivity contribution in [1.82, 2.24) is 20.2 Å². The third-order valence-corrected chi connectivity index (χ3v) is 5.78. The van der Waals surface area contributed by atoms with E-state index in [4.69, 9.17) is 9.15 Å². The standard InChI is InChI=1S/C21H29N5O3/c1-16-2-3-19(29-16)18(25-10-12-28-13-11-25)14-24-21(27)17-4-8-26(9-5-17)20-15-22-6-7-23-20/h2-3,6-7,15,17-18H,4-5,8-14H2,1H3,(H,24,27). The van der Waals surface area contributed by atoms with Gasteiger partial charge in [-0.3, -0.25) is 14.7 Å². The monoisotopic (exact) mass is 399 g/mol. The van der Waals surface area contributed by atoms with Crippen LogP contribution in [0.2, 0.25) is 0 Å². The molecular formula is C21H29N5O3. The van der Waals surface area contributed by atoms with Crippen LogP contribution >= 0.6 is 0 Å². The lowest BCUT2D eigenvalue weighted by Crippen LogP contribution is -2.46. The Morgan fingerprint density at radius 2 is 2.00 bits per heavy atom. The average molecular weight is 399 g/mol. The molecule has 1 unspecified atom stereocenters. The molecule has 156 valence electrons. The third-order valence-electron chi connectivity index (χ3n) is 5.78. The molecule has 2 saturated heterocycles. The predicted octanol–water partition coefficient (Wildman–Crippen LogP) is 1.78. The van der Waals surface area contributed by atoms with Crippen LogP contribution in [0.1, 0.15) is 30.4 Å². The van der Waals surface area contributed by atoms with Gasteiger partial charge in [0.25, 0.3) is 0 Å². The summed E-state index contributed by atoms with van der Waals surface area (Å²) < 4.78 is 11.4. The molecule has 1 atom stereocenters. The van der Waals surface area contributed by atoms with E-state index in [0.717, 1.165) is 56.4 Å². The number of aromatic nitrogens is 2. The fourth-order valence-corrected chi connectivity index (χ4v) is 4.10. The second-order valence-corrected chi connectivity index (χ2v) is 7.68. The molecule has 0 saturated carbocycles. The zero-order valence-electron chi connectivity index (χ0n) is 16.9. The third kappa shape index (κ3) is 4.94. The number of carbonyl (C=O) groups excluding carboxylic acids is 1. The number of hydrogen-bond acceptors (Lipinski definition) is 7. The Morgan fingerprint density at radius 1 is 1.21 bits per heavy atom. The molecule has 0 spiro atoms. The molecule has 0 aliphatic carbocycles. The number of rotatable bonds is 6. The lowest BCUT2D eigenvalue weighted by atomic mass is 9.95. The van der Waals surface area contributed by atoms with Crippen LogP contribution in [0.4, 0.5) is 5.82 Å². The van der Waals surface area contributed by atoms with Gasteiger partial charge in [-0.05, 0) is 31.9 Å². The van der Waals surface area contributed by atoms with Gasteiger partial charge in [0, 0.05) is 51.0 Å². The lowest BCUT2D eigenvalue weighted by molar-refractivity contribution is -0.126. The molecule has 0 radical (unpaired) electrons. The van der Waals surface area contributed by atoms with Crippen molar-refractivity contribution in [2.45, 2.75) is 25.8 Å². The smallest absolute Gasteiger partial charge is 0.223 e. The second kappa shape index (κ2) is 9.37. The molecule has 2 aromatic heterocycles. The van der Waals surface area contributed by atoms with Gasteiger partial charge < -0.3 is 19.4 Å². The average Bonchev–Trinajstić information content (AvgIpc) is 3.21. The molecule has 8 nitrogen and oxygen atoms in total. The van der Waals surface area contributed by atoms with Gasteiger partial charge in [0.05, 0.1) is 25.5 Å². The number of morpholine rings is 1. The molecule has 1 amide bonds. The van der Waals surface area contributed by atoms with Crippen LogP contribution in [-0.4, -0.2) is 66.7 Å². The molecule has 4 heterocycles. The van der Waals surface area contributed by atoms with Crippen LogP contribution in [0.25, 0.3) is 0 Å². The van der Waals surface area contributed by atoms with E-state index in [1.165, 1.54) is 0 Å². The van der Waals surface area contributed by atoms with Crippen molar-refractivity contribution in [1.29, 1.82) is 0 Å². The highest BCUT2D eigenvalue weighted by Crippen LogP contribution is 2.25. The van der Waals surface area contributed by atoms with E-state index in [9.17, 15) is 4.79 Å². The number of aryl methyl sites for hydroxylation is 1. The SMILES string of the molecule is Cc1ccc(C(CNC(=O)C2CCN(c3cnccn3)CC2)N2CCOCC2)o1. The second-order valence-electron chi connectivity index (χ2n) is 7.68. The van der Waals surface area contributed by atoms with Crippen LogP contribution in [-0.2, 0) is 9.53 Å². The number of amides is 1. The minimum Gasteiger partial charge on any atom is -0.465 e. The number of anilines is 1. The molecule has 1 N–H and O–H groups in total. The van der Waals surface area contributed by atoms with Gasteiger partial charge in [0.15, 0.2) is 0 Å². The van der Waals surface area contributed by atoms with Crippen LogP contribution in [0.15, 0.2) is 35.1 Å². The summed E-state index contributed by atoms with van der Waals surface area (Å²) in [6.07, 6.45) is 6.80. The molecule has 2 aliphatic rings. The largest absolute Gasteiger partial charge is 0.465 e. The zero-order chi connectivity index (χ0) is 20.1. The van der Waals surface area contributed by atoms with Gasteiger partial charge in [0.1, 0.15) is 17.3 Å². The summed E-state index contributed by atoms with van der Waals surface area (Å²) in [7, 11) is 0. The molecule has 0 bridgehead atoms. The summed E-state index contributed by atoms with van der Waals surface area (Å²) in [5.74, 6) is 2.84. The van der Waals surface area contributed by atoms with Gasteiger partial charge in [0.2, 0.25) is 5.91 Å². The summed E-state index contributed by atoms with van der Waals surface area (Å²) in [6, 6.07) is 4.03. The first-order valence-electron chi connectivity index (χ1n) is 10.4. The van der Waals surface area contributed by atoms with Gasteiger partial charge in [-0.2, -0.15) is 0 Å². The summed E-state index contributed by atoms with van der Waals surface area (Å²) in [4.78, 5) is 25.8. The molecule has 2 aromatic rings. The number of carbonyl (C=O) groups is 1. The normalized spacial score (nSPS) is 19.8. The number of hydrogen-bond donors (Lipinski definition) is 1. The minimum atomic E-state index is 0.0339.